The Morgan fingerprint density at radius 1 is 1.33 bits per heavy atom. The van der Waals surface area contributed by atoms with Gasteiger partial charge in [-0.15, -0.1) is 0 Å². The van der Waals surface area contributed by atoms with Gasteiger partial charge in [-0.1, -0.05) is 12.8 Å². The van der Waals surface area contributed by atoms with Crippen LogP contribution in [0.5, 0.6) is 0 Å². The number of rotatable bonds is 6. The predicted molar refractivity (Wildman–Crippen MR) is 91.6 cm³/mol. The van der Waals surface area contributed by atoms with Crippen LogP contribution in [0.2, 0.25) is 0 Å². The average Bonchev–Trinajstić information content (AvgIpc) is 3.20. The van der Waals surface area contributed by atoms with Crippen molar-refractivity contribution in [1.82, 2.24) is 4.72 Å². The minimum Gasteiger partial charge on any atom is -0.372 e. The van der Waals surface area contributed by atoms with Crippen molar-refractivity contribution in [2.45, 2.75) is 50.0 Å². The number of nitrogens with zero attached hydrogens (tertiary/aromatic N) is 1. The summed E-state index contributed by atoms with van der Waals surface area (Å²) in [6, 6.07) is 5.06. The zero-order valence-electron chi connectivity index (χ0n) is 14.0. The summed E-state index contributed by atoms with van der Waals surface area (Å²) in [7, 11) is -3.50. The van der Waals surface area contributed by atoms with E-state index in [1.165, 1.54) is 0 Å². The normalized spacial score (nSPS) is 18.1. The lowest BCUT2D eigenvalue weighted by atomic mass is 10.2. The fourth-order valence-corrected chi connectivity index (χ4v) is 4.76. The van der Waals surface area contributed by atoms with Crippen LogP contribution < -0.4 is 9.62 Å². The van der Waals surface area contributed by atoms with Gasteiger partial charge in [-0.05, 0) is 49.9 Å². The van der Waals surface area contributed by atoms with E-state index in [4.69, 9.17) is 4.74 Å². The summed E-state index contributed by atoms with van der Waals surface area (Å²) >= 11 is 0. The SMILES string of the molecule is CCOCC(=O)N1CCc2cc(S(=O)(=O)NC3CCCC3)ccc21. The number of amides is 1. The molecule has 24 heavy (non-hydrogen) atoms. The standard InChI is InChI=1S/C17H24N2O4S/c1-2-23-12-17(20)19-10-9-13-11-15(7-8-16(13)19)24(21,22)18-14-5-3-4-6-14/h7-8,11,14,18H,2-6,9-10,12H2,1H3. The van der Waals surface area contributed by atoms with Crippen molar-refractivity contribution in [3.05, 3.63) is 23.8 Å². The predicted octanol–water partition coefficient (Wildman–Crippen LogP) is 1.83. The monoisotopic (exact) mass is 352 g/mol. The second-order valence-electron chi connectivity index (χ2n) is 6.33. The molecule has 1 amide bonds. The van der Waals surface area contributed by atoms with Crippen LogP contribution in [-0.4, -0.2) is 40.1 Å². The molecule has 0 spiro atoms. The molecule has 3 rings (SSSR count). The van der Waals surface area contributed by atoms with Crippen LogP contribution in [0.3, 0.4) is 0 Å². The molecular weight excluding hydrogens is 328 g/mol. The number of carbonyl (C=O) groups excluding carboxylic acids is 1. The topological polar surface area (TPSA) is 75.7 Å². The number of nitrogens with one attached hydrogen (secondary N) is 1. The zero-order chi connectivity index (χ0) is 17.2. The first-order chi connectivity index (χ1) is 11.5. The van der Waals surface area contributed by atoms with Crippen LogP contribution >= 0.6 is 0 Å². The Balaban J connectivity index is 1.76. The molecule has 132 valence electrons. The molecule has 0 bridgehead atoms. The summed E-state index contributed by atoms with van der Waals surface area (Å²) in [6.07, 6.45) is 4.64. The molecule has 1 saturated carbocycles. The molecule has 0 atom stereocenters. The molecule has 0 aromatic heterocycles. The molecule has 1 heterocycles. The molecule has 6 nitrogen and oxygen atoms in total. The number of ether oxygens (including phenoxy) is 1. The number of sulfonamides is 1. The molecule has 1 aliphatic carbocycles. The van der Waals surface area contributed by atoms with Gasteiger partial charge in [-0.2, -0.15) is 0 Å². The lowest BCUT2D eigenvalue weighted by Crippen LogP contribution is -2.33. The molecule has 7 heteroatoms. The smallest absolute Gasteiger partial charge is 0.252 e. The number of fused-ring (bicyclic) bond motifs is 1. The van der Waals surface area contributed by atoms with Crippen molar-refractivity contribution < 1.29 is 17.9 Å². The van der Waals surface area contributed by atoms with E-state index in [0.29, 0.717) is 19.6 Å². The lowest BCUT2D eigenvalue weighted by Gasteiger charge is -2.18. The maximum atomic E-state index is 12.5. The van der Waals surface area contributed by atoms with Gasteiger partial charge < -0.3 is 9.64 Å². The van der Waals surface area contributed by atoms with Crippen LogP contribution in [0.4, 0.5) is 5.69 Å². The molecular formula is C17H24N2O4S. The van der Waals surface area contributed by atoms with Gasteiger partial charge in [0.2, 0.25) is 10.0 Å². The highest BCUT2D eigenvalue weighted by Gasteiger charge is 2.28. The fourth-order valence-electron chi connectivity index (χ4n) is 3.40. The quantitative estimate of drug-likeness (QED) is 0.847. The van der Waals surface area contributed by atoms with Crippen LogP contribution in [0, 0.1) is 0 Å². The van der Waals surface area contributed by atoms with Crippen molar-refractivity contribution in [1.29, 1.82) is 0 Å². The maximum absolute atomic E-state index is 12.5. The summed E-state index contributed by atoms with van der Waals surface area (Å²) in [6.45, 7) is 2.97. The van der Waals surface area contributed by atoms with Gasteiger partial charge in [0.1, 0.15) is 6.61 Å². The van der Waals surface area contributed by atoms with E-state index in [1.54, 1.807) is 23.1 Å². The third-order valence-corrected chi connectivity index (χ3v) is 6.18. The second kappa shape index (κ2) is 7.21. The first kappa shape index (κ1) is 17.4. The summed E-state index contributed by atoms with van der Waals surface area (Å²) in [5.41, 5.74) is 1.69. The Kier molecular flexibility index (Phi) is 5.22. The van der Waals surface area contributed by atoms with Gasteiger partial charge in [0.25, 0.3) is 5.91 Å². The molecule has 1 N–H and O–H groups in total. The van der Waals surface area contributed by atoms with Crippen molar-refractivity contribution in [3.8, 4) is 0 Å². The summed E-state index contributed by atoms with van der Waals surface area (Å²) in [5.74, 6) is -0.0877. The number of benzene rings is 1. The maximum Gasteiger partial charge on any atom is 0.252 e. The third-order valence-electron chi connectivity index (χ3n) is 4.66. The Bertz CT molecular complexity index is 711. The first-order valence-electron chi connectivity index (χ1n) is 8.54. The van der Waals surface area contributed by atoms with Gasteiger partial charge >= 0.3 is 0 Å². The molecule has 0 saturated heterocycles. The fraction of sp³-hybridized carbons (Fsp3) is 0.588. The van der Waals surface area contributed by atoms with Gasteiger partial charge in [0.15, 0.2) is 0 Å². The first-order valence-corrected chi connectivity index (χ1v) is 10.0. The highest BCUT2D eigenvalue weighted by atomic mass is 32.2. The number of carbonyl (C=O) groups is 1. The van der Waals surface area contributed by atoms with Gasteiger partial charge in [-0.3, -0.25) is 4.79 Å². The molecule has 1 fully saturated rings. The highest BCUT2D eigenvalue weighted by Crippen LogP contribution is 2.30. The van der Waals surface area contributed by atoms with Crippen molar-refractivity contribution in [2.75, 3.05) is 24.7 Å². The van der Waals surface area contributed by atoms with Crippen LogP contribution in [0.1, 0.15) is 38.2 Å². The second-order valence-corrected chi connectivity index (χ2v) is 8.04. The molecule has 0 radical (unpaired) electrons. The van der Waals surface area contributed by atoms with E-state index >= 15 is 0 Å². The molecule has 0 unspecified atom stereocenters. The summed E-state index contributed by atoms with van der Waals surface area (Å²) in [5, 5.41) is 0. The minimum atomic E-state index is -3.50. The molecule has 2 aliphatic rings. The molecule has 1 aliphatic heterocycles. The Morgan fingerprint density at radius 3 is 2.79 bits per heavy atom. The third kappa shape index (κ3) is 3.63. The number of hydrogen-bond acceptors (Lipinski definition) is 4. The van der Waals surface area contributed by atoms with E-state index in [1.807, 2.05) is 6.92 Å². The zero-order valence-corrected chi connectivity index (χ0v) is 14.8. The van der Waals surface area contributed by atoms with Gasteiger partial charge in [0, 0.05) is 24.9 Å². The van der Waals surface area contributed by atoms with Crippen molar-refractivity contribution in [3.63, 3.8) is 0 Å². The number of anilines is 1. The Labute approximate surface area is 143 Å². The lowest BCUT2D eigenvalue weighted by molar-refractivity contribution is -0.122. The van der Waals surface area contributed by atoms with Crippen molar-refractivity contribution in [2.24, 2.45) is 0 Å². The van der Waals surface area contributed by atoms with Crippen molar-refractivity contribution >= 4 is 21.6 Å². The number of hydrogen-bond donors (Lipinski definition) is 1. The van der Waals surface area contributed by atoms with Crippen LogP contribution in [0.25, 0.3) is 0 Å². The van der Waals surface area contributed by atoms with E-state index in [9.17, 15) is 13.2 Å². The van der Waals surface area contributed by atoms with Gasteiger partial charge in [0.05, 0.1) is 4.90 Å². The Hall–Kier alpha value is -1.44. The highest BCUT2D eigenvalue weighted by molar-refractivity contribution is 7.89. The summed E-state index contributed by atoms with van der Waals surface area (Å²) < 4.78 is 33.0. The average molecular weight is 352 g/mol. The summed E-state index contributed by atoms with van der Waals surface area (Å²) in [4.78, 5) is 14.1. The largest absolute Gasteiger partial charge is 0.372 e. The minimum absolute atomic E-state index is 0.0486. The van der Waals surface area contributed by atoms with E-state index in [0.717, 1.165) is 36.9 Å². The van der Waals surface area contributed by atoms with E-state index < -0.39 is 10.0 Å². The van der Waals surface area contributed by atoms with E-state index in [2.05, 4.69) is 4.72 Å². The Morgan fingerprint density at radius 2 is 2.08 bits per heavy atom. The van der Waals surface area contributed by atoms with E-state index in [-0.39, 0.29) is 23.5 Å². The molecule has 1 aromatic carbocycles. The van der Waals surface area contributed by atoms with Crippen LogP contribution in [-0.2, 0) is 26.0 Å². The molecule has 1 aromatic rings. The van der Waals surface area contributed by atoms with Gasteiger partial charge in [-0.25, -0.2) is 13.1 Å². The van der Waals surface area contributed by atoms with Crippen LogP contribution in [0.15, 0.2) is 23.1 Å².